The molecule has 0 aromatic heterocycles. The van der Waals surface area contributed by atoms with Gasteiger partial charge in [-0.2, -0.15) is 0 Å². The van der Waals surface area contributed by atoms with Crippen molar-refractivity contribution in [2.45, 2.75) is 31.8 Å². The van der Waals surface area contributed by atoms with Crippen LogP contribution in [-0.4, -0.2) is 37.5 Å². The number of amides is 1. The number of hydrogen-bond donors (Lipinski definition) is 1. The molecule has 4 heteroatoms. The Hall–Kier alpha value is -2.33. The van der Waals surface area contributed by atoms with Crippen LogP contribution in [-0.2, 0) is 0 Å². The summed E-state index contributed by atoms with van der Waals surface area (Å²) in [5.41, 5.74) is 1.79. The van der Waals surface area contributed by atoms with Crippen LogP contribution < -0.4 is 10.1 Å². The summed E-state index contributed by atoms with van der Waals surface area (Å²) in [4.78, 5) is 14.9. The average molecular weight is 352 g/mol. The molecule has 1 N–H and O–H groups in total. The van der Waals surface area contributed by atoms with Gasteiger partial charge < -0.3 is 15.0 Å². The van der Waals surface area contributed by atoms with Gasteiger partial charge in [-0.05, 0) is 50.6 Å². The van der Waals surface area contributed by atoms with E-state index < -0.39 is 0 Å². The Balaban J connectivity index is 1.82. The third-order valence-corrected chi connectivity index (χ3v) is 4.86. The van der Waals surface area contributed by atoms with E-state index in [4.69, 9.17) is 4.74 Å². The Morgan fingerprint density at radius 2 is 1.73 bits per heavy atom. The molecule has 1 heterocycles. The molecular formula is C22H28N2O2. The van der Waals surface area contributed by atoms with E-state index in [9.17, 15) is 4.79 Å². The normalized spacial score (nSPS) is 15.5. The lowest BCUT2D eigenvalue weighted by Gasteiger charge is -2.28. The molecule has 2 aromatic carbocycles. The number of hydrogen-bond acceptors (Lipinski definition) is 3. The number of para-hydroxylation sites is 1. The lowest BCUT2D eigenvalue weighted by molar-refractivity contribution is 0.0716. The summed E-state index contributed by atoms with van der Waals surface area (Å²) in [5, 5.41) is 3.19. The molecule has 1 aliphatic heterocycles. The van der Waals surface area contributed by atoms with Crippen LogP contribution in [0, 0.1) is 0 Å². The molecule has 138 valence electrons. The van der Waals surface area contributed by atoms with Crippen LogP contribution in [0.2, 0.25) is 0 Å². The van der Waals surface area contributed by atoms with Crippen LogP contribution in [0.5, 0.6) is 5.75 Å². The fourth-order valence-electron chi connectivity index (χ4n) is 3.40. The van der Waals surface area contributed by atoms with E-state index in [-0.39, 0.29) is 12.0 Å². The molecule has 1 atom stereocenters. The number of rotatable bonds is 7. The number of nitrogens with one attached hydrogen (secondary N) is 1. The van der Waals surface area contributed by atoms with Crippen LogP contribution in [0.3, 0.4) is 0 Å². The summed E-state index contributed by atoms with van der Waals surface area (Å²) in [6.07, 6.45) is 4.14. The van der Waals surface area contributed by atoms with Crippen molar-refractivity contribution in [1.29, 1.82) is 0 Å². The van der Waals surface area contributed by atoms with Gasteiger partial charge in [-0.1, -0.05) is 42.5 Å². The van der Waals surface area contributed by atoms with E-state index in [2.05, 4.69) is 17.4 Å². The van der Waals surface area contributed by atoms with Gasteiger partial charge in [0.2, 0.25) is 0 Å². The van der Waals surface area contributed by atoms with Gasteiger partial charge >= 0.3 is 0 Å². The molecule has 0 radical (unpaired) electrons. The largest absolute Gasteiger partial charge is 0.485 e. The monoisotopic (exact) mass is 352 g/mol. The molecule has 1 amide bonds. The zero-order valence-corrected chi connectivity index (χ0v) is 15.5. The van der Waals surface area contributed by atoms with E-state index in [1.807, 2.05) is 54.4 Å². The lowest BCUT2D eigenvalue weighted by Crippen LogP contribution is -2.35. The third kappa shape index (κ3) is 4.64. The summed E-state index contributed by atoms with van der Waals surface area (Å²) in [5.74, 6) is 0.758. The summed E-state index contributed by atoms with van der Waals surface area (Å²) < 4.78 is 6.36. The average Bonchev–Trinajstić information content (AvgIpc) is 2.72. The second-order valence-electron chi connectivity index (χ2n) is 6.76. The third-order valence-electron chi connectivity index (χ3n) is 4.86. The standard InChI is InChI=1S/C22H28N2O2/c1-23-15-14-20(18-10-4-2-5-11-18)26-21-13-7-6-12-19(21)22(25)24-16-8-3-9-17-24/h2,4-7,10-13,20,23H,3,8-9,14-17H2,1H3. The van der Waals surface area contributed by atoms with Gasteiger partial charge in [-0.3, -0.25) is 4.79 Å². The minimum absolute atomic E-state index is 0.0840. The number of carbonyl (C=O) groups is 1. The molecule has 3 rings (SSSR count). The Morgan fingerprint density at radius 1 is 1.04 bits per heavy atom. The van der Waals surface area contributed by atoms with Crippen molar-refractivity contribution in [3.63, 3.8) is 0 Å². The molecule has 1 fully saturated rings. The van der Waals surface area contributed by atoms with Crippen molar-refractivity contribution in [3.8, 4) is 5.75 Å². The molecule has 1 unspecified atom stereocenters. The molecule has 0 spiro atoms. The van der Waals surface area contributed by atoms with Crippen LogP contribution in [0.4, 0.5) is 0 Å². The molecule has 0 bridgehead atoms. The number of benzene rings is 2. The topological polar surface area (TPSA) is 41.6 Å². The van der Waals surface area contributed by atoms with Crippen LogP contribution in [0.15, 0.2) is 54.6 Å². The second-order valence-corrected chi connectivity index (χ2v) is 6.76. The van der Waals surface area contributed by atoms with Gasteiger partial charge in [-0.25, -0.2) is 0 Å². The molecule has 1 aliphatic rings. The molecule has 4 nitrogen and oxygen atoms in total. The maximum Gasteiger partial charge on any atom is 0.257 e. The van der Waals surface area contributed by atoms with E-state index in [1.54, 1.807) is 0 Å². The highest BCUT2D eigenvalue weighted by Crippen LogP contribution is 2.29. The fourth-order valence-corrected chi connectivity index (χ4v) is 3.40. The van der Waals surface area contributed by atoms with E-state index in [1.165, 1.54) is 6.42 Å². The molecule has 0 saturated carbocycles. The van der Waals surface area contributed by atoms with E-state index in [0.717, 1.165) is 44.5 Å². The maximum atomic E-state index is 13.0. The summed E-state index contributed by atoms with van der Waals surface area (Å²) >= 11 is 0. The van der Waals surface area contributed by atoms with Crippen LogP contribution >= 0.6 is 0 Å². The van der Waals surface area contributed by atoms with Crippen LogP contribution in [0.1, 0.15) is 47.7 Å². The Labute approximate surface area is 156 Å². The van der Waals surface area contributed by atoms with Crippen molar-refractivity contribution >= 4 is 5.91 Å². The maximum absolute atomic E-state index is 13.0. The Kier molecular flexibility index (Phi) is 6.67. The Bertz CT molecular complexity index is 696. The van der Waals surface area contributed by atoms with E-state index in [0.29, 0.717) is 11.3 Å². The number of piperidine rings is 1. The Morgan fingerprint density at radius 3 is 2.46 bits per heavy atom. The number of ether oxygens (including phenoxy) is 1. The molecule has 0 aliphatic carbocycles. The van der Waals surface area contributed by atoms with Gasteiger partial charge in [0.05, 0.1) is 5.56 Å². The fraction of sp³-hybridized carbons (Fsp3) is 0.409. The molecular weight excluding hydrogens is 324 g/mol. The minimum atomic E-state index is -0.0843. The molecule has 26 heavy (non-hydrogen) atoms. The number of likely N-dealkylation sites (tertiary alicyclic amines) is 1. The molecule has 1 saturated heterocycles. The highest BCUT2D eigenvalue weighted by molar-refractivity contribution is 5.97. The van der Waals surface area contributed by atoms with Crippen molar-refractivity contribution in [2.24, 2.45) is 0 Å². The SMILES string of the molecule is CNCCC(Oc1ccccc1C(=O)N1CCCCC1)c1ccccc1. The van der Waals surface area contributed by atoms with Crippen molar-refractivity contribution in [3.05, 3.63) is 65.7 Å². The number of carbonyl (C=O) groups excluding carboxylic acids is 1. The highest BCUT2D eigenvalue weighted by Gasteiger charge is 2.23. The first kappa shape index (κ1) is 18.5. The highest BCUT2D eigenvalue weighted by atomic mass is 16.5. The van der Waals surface area contributed by atoms with Crippen molar-refractivity contribution in [1.82, 2.24) is 10.2 Å². The zero-order valence-electron chi connectivity index (χ0n) is 15.5. The first-order chi connectivity index (χ1) is 12.8. The predicted molar refractivity (Wildman–Crippen MR) is 105 cm³/mol. The van der Waals surface area contributed by atoms with Crippen molar-refractivity contribution < 1.29 is 9.53 Å². The number of nitrogens with zero attached hydrogens (tertiary/aromatic N) is 1. The van der Waals surface area contributed by atoms with Crippen LogP contribution in [0.25, 0.3) is 0 Å². The smallest absolute Gasteiger partial charge is 0.257 e. The first-order valence-corrected chi connectivity index (χ1v) is 9.54. The van der Waals surface area contributed by atoms with Gasteiger partial charge in [0, 0.05) is 19.5 Å². The molecule has 2 aromatic rings. The lowest BCUT2D eigenvalue weighted by atomic mass is 10.1. The quantitative estimate of drug-likeness (QED) is 0.818. The summed E-state index contributed by atoms with van der Waals surface area (Å²) in [7, 11) is 1.94. The second kappa shape index (κ2) is 9.39. The summed E-state index contributed by atoms with van der Waals surface area (Å²) in [6.45, 7) is 2.53. The predicted octanol–water partition coefficient (Wildman–Crippen LogP) is 4.04. The summed E-state index contributed by atoms with van der Waals surface area (Å²) in [6, 6.07) is 17.8. The first-order valence-electron chi connectivity index (χ1n) is 9.54. The van der Waals surface area contributed by atoms with Crippen molar-refractivity contribution in [2.75, 3.05) is 26.7 Å². The van der Waals surface area contributed by atoms with E-state index >= 15 is 0 Å². The van der Waals surface area contributed by atoms with Gasteiger partial charge in [0.25, 0.3) is 5.91 Å². The minimum Gasteiger partial charge on any atom is -0.485 e. The van der Waals surface area contributed by atoms with Gasteiger partial charge in [0.15, 0.2) is 0 Å². The zero-order chi connectivity index (χ0) is 18.2. The van der Waals surface area contributed by atoms with Gasteiger partial charge in [-0.15, -0.1) is 0 Å². The van der Waals surface area contributed by atoms with Gasteiger partial charge in [0.1, 0.15) is 11.9 Å².